The van der Waals surface area contributed by atoms with Crippen LogP contribution in [0.3, 0.4) is 0 Å². The van der Waals surface area contributed by atoms with Gasteiger partial charge in [0.25, 0.3) is 0 Å². The summed E-state index contributed by atoms with van der Waals surface area (Å²) in [5.74, 6) is 0.924. The summed E-state index contributed by atoms with van der Waals surface area (Å²) in [7, 11) is 1.70. The number of hydrogen-bond acceptors (Lipinski definition) is 2. The van der Waals surface area contributed by atoms with Gasteiger partial charge in [-0.25, -0.2) is 0 Å². The zero-order valence-corrected chi connectivity index (χ0v) is 11.1. The van der Waals surface area contributed by atoms with Crippen molar-refractivity contribution in [3.63, 3.8) is 0 Å². The first-order valence-electron chi connectivity index (χ1n) is 6.17. The van der Waals surface area contributed by atoms with Crippen molar-refractivity contribution in [1.29, 1.82) is 0 Å². The third-order valence-corrected chi connectivity index (χ3v) is 3.08. The van der Waals surface area contributed by atoms with Crippen LogP contribution in [-0.2, 0) is 0 Å². The van der Waals surface area contributed by atoms with E-state index < -0.39 is 0 Å². The van der Waals surface area contributed by atoms with Crippen molar-refractivity contribution in [2.75, 3.05) is 12.4 Å². The minimum absolute atomic E-state index is 0.291. The zero-order valence-electron chi connectivity index (χ0n) is 11.1. The molecule has 0 saturated carbocycles. The molecular weight excluding hydrogens is 222 g/mol. The van der Waals surface area contributed by atoms with Crippen molar-refractivity contribution in [2.45, 2.75) is 19.9 Å². The zero-order chi connectivity index (χ0) is 13.0. The summed E-state index contributed by atoms with van der Waals surface area (Å²) in [6.45, 7) is 4.21. The molecule has 0 bridgehead atoms. The number of hydrogen-bond donors (Lipinski definition) is 1. The molecule has 0 heterocycles. The van der Waals surface area contributed by atoms with Crippen LogP contribution in [-0.4, -0.2) is 7.11 Å². The third kappa shape index (κ3) is 2.83. The highest BCUT2D eigenvalue weighted by Gasteiger charge is 2.05. The fourth-order valence-corrected chi connectivity index (χ4v) is 2.04. The first-order chi connectivity index (χ1) is 8.70. The first kappa shape index (κ1) is 12.5. The molecule has 1 N–H and O–H groups in total. The maximum absolute atomic E-state index is 5.26. The van der Waals surface area contributed by atoms with E-state index >= 15 is 0 Å². The van der Waals surface area contributed by atoms with Gasteiger partial charge in [0.2, 0.25) is 0 Å². The van der Waals surface area contributed by atoms with E-state index in [0.717, 1.165) is 17.0 Å². The van der Waals surface area contributed by atoms with E-state index in [1.807, 2.05) is 18.2 Å². The molecule has 2 aromatic carbocycles. The molecule has 1 unspecified atom stereocenters. The van der Waals surface area contributed by atoms with E-state index in [1.165, 1.54) is 5.56 Å². The summed E-state index contributed by atoms with van der Waals surface area (Å²) in [6, 6.07) is 16.9. The highest BCUT2D eigenvalue weighted by Crippen LogP contribution is 2.24. The Balaban J connectivity index is 2.12. The van der Waals surface area contributed by atoms with Crippen molar-refractivity contribution in [1.82, 2.24) is 0 Å². The van der Waals surface area contributed by atoms with E-state index in [0.29, 0.717) is 6.04 Å². The molecular formula is C16H19NO. The standard InChI is InChI=1S/C16H19NO/c1-12-11-15(9-10-16(12)18-3)17-13(2)14-7-5-4-6-8-14/h4-11,13,17H,1-3H3. The summed E-state index contributed by atoms with van der Waals surface area (Å²) in [4.78, 5) is 0. The van der Waals surface area contributed by atoms with Gasteiger partial charge in [-0.05, 0) is 43.2 Å². The van der Waals surface area contributed by atoms with Crippen molar-refractivity contribution in [2.24, 2.45) is 0 Å². The summed E-state index contributed by atoms with van der Waals surface area (Å²) < 4.78 is 5.26. The maximum atomic E-state index is 5.26. The average Bonchev–Trinajstić information content (AvgIpc) is 2.40. The van der Waals surface area contributed by atoms with Crippen LogP contribution in [0.15, 0.2) is 48.5 Å². The van der Waals surface area contributed by atoms with Gasteiger partial charge in [0.15, 0.2) is 0 Å². The fourth-order valence-electron chi connectivity index (χ4n) is 2.04. The third-order valence-electron chi connectivity index (χ3n) is 3.08. The van der Waals surface area contributed by atoms with E-state index in [2.05, 4.69) is 49.5 Å². The lowest BCUT2D eigenvalue weighted by molar-refractivity contribution is 0.412. The molecule has 0 aliphatic rings. The van der Waals surface area contributed by atoms with Crippen LogP contribution >= 0.6 is 0 Å². The number of rotatable bonds is 4. The minimum Gasteiger partial charge on any atom is -0.496 e. The highest BCUT2D eigenvalue weighted by atomic mass is 16.5. The molecule has 2 aromatic rings. The Bertz CT molecular complexity index is 508. The van der Waals surface area contributed by atoms with Gasteiger partial charge in [-0.1, -0.05) is 30.3 Å². The SMILES string of the molecule is COc1ccc(NC(C)c2ccccc2)cc1C. The van der Waals surface area contributed by atoms with Gasteiger partial charge in [-0.3, -0.25) is 0 Å². The molecule has 0 amide bonds. The van der Waals surface area contributed by atoms with E-state index in [1.54, 1.807) is 7.11 Å². The molecule has 0 fully saturated rings. The molecule has 2 nitrogen and oxygen atoms in total. The van der Waals surface area contributed by atoms with Crippen LogP contribution in [0.2, 0.25) is 0 Å². The molecule has 1 atom stereocenters. The van der Waals surface area contributed by atoms with E-state index in [9.17, 15) is 0 Å². The predicted octanol–water partition coefficient (Wildman–Crippen LogP) is 4.18. The monoisotopic (exact) mass is 241 g/mol. The van der Waals surface area contributed by atoms with Crippen molar-refractivity contribution in [3.8, 4) is 5.75 Å². The Kier molecular flexibility index (Phi) is 3.88. The molecule has 0 aliphatic carbocycles. The van der Waals surface area contributed by atoms with Crippen LogP contribution in [0.25, 0.3) is 0 Å². The number of methoxy groups -OCH3 is 1. The van der Waals surface area contributed by atoms with Crippen LogP contribution in [0.5, 0.6) is 5.75 Å². The molecule has 94 valence electrons. The van der Waals surface area contributed by atoms with Gasteiger partial charge in [0.05, 0.1) is 7.11 Å². The molecule has 2 rings (SSSR count). The van der Waals surface area contributed by atoms with Crippen LogP contribution in [0, 0.1) is 6.92 Å². The number of nitrogens with one attached hydrogen (secondary N) is 1. The second-order valence-electron chi connectivity index (χ2n) is 4.46. The smallest absolute Gasteiger partial charge is 0.121 e. The molecule has 2 heteroatoms. The molecule has 0 aromatic heterocycles. The Morgan fingerprint density at radius 1 is 1.06 bits per heavy atom. The first-order valence-corrected chi connectivity index (χ1v) is 6.17. The molecule has 0 saturated heterocycles. The molecule has 0 spiro atoms. The number of benzene rings is 2. The number of aryl methyl sites for hydroxylation is 1. The largest absolute Gasteiger partial charge is 0.496 e. The summed E-state index contributed by atoms with van der Waals surface area (Å²) >= 11 is 0. The molecule has 18 heavy (non-hydrogen) atoms. The van der Waals surface area contributed by atoms with Crippen molar-refractivity contribution in [3.05, 3.63) is 59.7 Å². The average molecular weight is 241 g/mol. The molecule has 0 radical (unpaired) electrons. The summed E-state index contributed by atoms with van der Waals surface area (Å²) in [5.41, 5.74) is 3.54. The van der Waals surface area contributed by atoms with Crippen molar-refractivity contribution >= 4 is 5.69 Å². The lowest BCUT2D eigenvalue weighted by Gasteiger charge is -2.16. The van der Waals surface area contributed by atoms with Crippen LogP contribution in [0.4, 0.5) is 5.69 Å². The summed E-state index contributed by atoms with van der Waals surface area (Å²) in [5, 5.41) is 3.49. The summed E-state index contributed by atoms with van der Waals surface area (Å²) in [6.07, 6.45) is 0. The second-order valence-corrected chi connectivity index (χ2v) is 4.46. The molecule has 0 aliphatic heterocycles. The lowest BCUT2D eigenvalue weighted by atomic mass is 10.1. The second kappa shape index (κ2) is 5.58. The van der Waals surface area contributed by atoms with Gasteiger partial charge in [-0.15, -0.1) is 0 Å². The topological polar surface area (TPSA) is 21.3 Å². The van der Waals surface area contributed by atoms with Gasteiger partial charge < -0.3 is 10.1 Å². The maximum Gasteiger partial charge on any atom is 0.121 e. The van der Waals surface area contributed by atoms with Gasteiger partial charge in [0.1, 0.15) is 5.75 Å². The number of anilines is 1. The Morgan fingerprint density at radius 2 is 1.78 bits per heavy atom. The van der Waals surface area contributed by atoms with Gasteiger partial charge >= 0.3 is 0 Å². The Labute approximate surface area is 109 Å². The van der Waals surface area contributed by atoms with Crippen LogP contribution < -0.4 is 10.1 Å². The van der Waals surface area contributed by atoms with E-state index in [-0.39, 0.29) is 0 Å². The highest BCUT2D eigenvalue weighted by molar-refractivity contribution is 5.52. The quantitative estimate of drug-likeness (QED) is 0.867. The normalized spacial score (nSPS) is 11.9. The van der Waals surface area contributed by atoms with Crippen molar-refractivity contribution < 1.29 is 4.74 Å². The Morgan fingerprint density at radius 3 is 2.39 bits per heavy atom. The predicted molar refractivity (Wildman–Crippen MR) is 76.2 cm³/mol. The van der Waals surface area contributed by atoms with Gasteiger partial charge in [0, 0.05) is 11.7 Å². The van der Waals surface area contributed by atoms with E-state index in [4.69, 9.17) is 4.74 Å². The van der Waals surface area contributed by atoms with Crippen LogP contribution in [0.1, 0.15) is 24.1 Å². The Hall–Kier alpha value is -1.96. The number of ether oxygens (including phenoxy) is 1. The van der Waals surface area contributed by atoms with Gasteiger partial charge in [-0.2, -0.15) is 0 Å². The fraction of sp³-hybridized carbons (Fsp3) is 0.250. The minimum atomic E-state index is 0.291. The lowest BCUT2D eigenvalue weighted by Crippen LogP contribution is -2.06.